The normalized spacial score (nSPS) is 16.0. The van der Waals surface area contributed by atoms with E-state index in [1.54, 1.807) is 18.5 Å². The topological polar surface area (TPSA) is 87.2 Å². The molecule has 0 aliphatic carbocycles. The molecule has 35 heavy (non-hydrogen) atoms. The summed E-state index contributed by atoms with van der Waals surface area (Å²) in [6.07, 6.45) is -0.489. The lowest BCUT2D eigenvalue weighted by Gasteiger charge is -2.32. The first-order valence-electron chi connectivity index (χ1n) is 10.8. The van der Waals surface area contributed by atoms with Crippen LogP contribution in [0, 0.1) is 11.7 Å². The minimum absolute atomic E-state index is 0.186. The number of hydrogen-bond donors (Lipinski definition) is 2. The molecule has 0 spiro atoms. The number of aromatic nitrogens is 2. The van der Waals surface area contributed by atoms with Crippen LogP contribution in [0.15, 0.2) is 60.9 Å². The summed E-state index contributed by atoms with van der Waals surface area (Å²) in [5.74, 6) is -2.35. The van der Waals surface area contributed by atoms with Crippen molar-refractivity contribution in [2.24, 2.45) is 5.92 Å². The van der Waals surface area contributed by atoms with Crippen LogP contribution in [0.4, 0.5) is 34.9 Å². The molecule has 2 aromatic carbocycles. The van der Waals surface area contributed by atoms with Gasteiger partial charge < -0.3 is 15.5 Å². The van der Waals surface area contributed by atoms with Crippen LogP contribution in [-0.2, 0) is 11.0 Å². The lowest BCUT2D eigenvalue weighted by molar-refractivity contribution is -0.137. The molecular formula is C24H21F4N5O2. The summed E-state index contributed by atoms with van der Waals surface area (Å²) in [5, 5.41) is 4.65. The van der Waals surface area contributed by atoms with Crippen LogP contribution in [0.1, 0.15) is 28.8 Å². The predicted molar refractivity (Wildman–Crippen MR) is 121 cm³/mol. The molecule has 1 unspecified atom stereocenters. The van der Waals surface area contributed by atoms with E-state index in [0.717, 1.165) is 12.1 Å². The summed E-state index contributed by atoms with van der Waals surface area (Å²) >= 11 is 0. The number of amides is 2. The third-order valence-corrected chi connectivity index (χ3v) is 5.59. The first-order chi connectivity index (χ1) is 16.7. The number of carbonyl (C=O) groups excluding carboxylic acids is 2. The third kappa shape index (κ3) is 5.73. The minimum Gasteiger partial charge on any atom is -0.340 e. The molecule has 3 aromatic rings. The van der Waals surface area contributed by atoms with Gasteiger partial charge in [-0.1, -0.05) is 12.1 Å². The predicted octanol–water partition coefficient (Wildman–Crippen LogP) is 4.74. The number of piperidine rings is 1. The van der Waals surface area contributed by atoms with Gasteiger partial charge in [0.2, 0.25) is 11.9 Å². The number of nitrogens with zero attached hydrogens (tertiary/aromatic N) is 3. The van der Waals surface area contributed by atoms with E-state index in [4.69, 9.17) is 0 Å². The summed E-state index contributed by atoms with van der Waals surface area (Å²) < 4.78 is 55.2. The van der Waals surface area contributed by atoms with Crippen LogP contribution < -0.4 is 15.5 Å². The molecule has 0 radical (unpaired) electrons. The van der Waals surface area contributed by atoms with Gasteiger partial charge in [-0.05, 0) is 49.2 Å². The number of hydrogen-bond acceptors (Lipinski definition) is 5. The standard InChI is InChI=1S/C24H21F4N5O2/c25-19-7-2-1-6-17(19)22(35)31-16-8-9-20(18(13-16)24(26,27)28)32-21(34)15-5-3-12-33(14-15)23-29-10-4-11-30-23/h1-2,4,6-11,13,15H,3,5,12,14H2,(H,31,35)(H,32,34). The quantitative estimate of drug-likeness (QED) is 0.508. The van der Waals surface area contributed by atoms with Gasteiger partial charge in [-0.25, -0.2) is 14.4 Å². The van der Waals surface area contributed by atoms with E-state index >= 15 is 0 Å². The van der Waals surface area contributed by atoms with Gasteiger partial charge in [-0.2, -0.15) is 13.2 Å². The molecule has 0 saturated carbocycles. The molecule has 1 aromatic heterocycles. The molecule has 2 amide bonds. The summed E-state index contributed by atoms with van der Waals surface area (Å²) in [6.45, 7) is 0.909. The molecule has 182 valence electrons. The summed E-state index contributed by atoms with van der Waals surface area (Å²) in [6, 6.07) is 9.78. The number of nitrogens with one attached hydrogen (secondary N) is 2. The Hall–Kier alpha value is -4.02. The van der Waals surface area contributed by atoms with Crippen molar-refractivity contribution >= 4 is 29.1 Å². The van der Waals surface area contributed by atoms with Gasteiger partial charge in [0.1, 0.15) is 5.82 Å². The van der Waals surface area contributed by atoms with Gasteiger partial charge in [0, 0.05) is 31.2 Å². The highest BCUT2D eigenvalue weighted by molar-refractivity contribution is 6.04. The van der Waals surface area contributed by atoms with Crippen LogP contribution in [0.3, 0.4) is 0 Å². The van der Waals surface area contributed by atoms with Gasteiger partial charge >= 0.3 is 6.18 Å². The number of carbonyl (C=O) groups is 2. The van der Waals surface area contributed by atoms with Gasteiger partial charge in [-0.15, -0.1) is 0 Å². The second-order valence-electron chi connectivity index (χ2n) is 8.02. The molecule has 4 rings (SSSR count). The highest BCUT2D eigenvalue weighted by Crippen LogP contribution is 2.37. The van der Waals surface area contributed by atoms with Crippen molar-refractivity contribution in [3.05, 3.63) is 77.9 Å². The molecule has 1 aliphatic heterocycles. The fourth-order valence-electron chi connectivity index (χ4n) is 3.87. The molecule has 2 N–H and O–H groups in total. The Labute approximate surface area is 198 Å². The fourth-order valence-corrected chi connectivity index (χ4v) is 3.87. The van der Waals surface area contributed by atoms with Crippen molar-refractivity contribution in [2.75, 3.05) is 28.6 Å². The maximum Gasteiger partial charge on any atom is 0.418 e. The lowest BCUT2D eigenvalue weighted by Crippen LogP contribution is -2.41. The molecule has 2 heterocycles. The Bertz CT molecular complexity index is 1220. The van der Waals surface area contributed by atoms with Crippen molar-refractivity contribution < 1.29 is 27.2 Å². The molecule has 1 aliphatic rings. The second-order valence-corrected chi connectivity index (χ2v) is 8.02. The largest absolute Gasteiger partial charge is 0.418 e. The highest BCUT2D eigenvalue weighted by Gasteiger charge is 2.35. The molecule has 0 bridgehead atoms. The van der Waals surface area contributed by atoms with Crippen LogP contribution in [0.2, 0.25) is 0 Å². The zero-order chi connectivity index (χ0) is 25.0. The van der Waals surface area contributed by atoms with Crippen molar-refractivity contribution in [3.63, 3.8) is 0 Å². The number of alkyl halides is 3. The Kier molecular flexibility index (Phi) is 6.94. The van der Waals surface area contributed by atoms with Crippen molar-refractivity contribution in [1.82, 2.24) is 9.97 Å². The number of anilines is 3. The first-order valence-corrected chi connectivity index (χ1v) is 10.8. The minimum atomic E-state index is -4.81. The molecular weight excluding hydrogens is 466 g/mol. The lowest BCUT2D eigenvalue weighted by atomic mass is 9.97. The van der Waals surface area contributed by atoms with Crippen LogP contribution >= 0.6 is 0 Å². The summed E-state index contributed by atoms with van der Waals surface area (Å²) in [4.78, 5) is 35.3. The maximum absolute atomic E-state index is 13.8. The van der Waals surface area contributed by atoms with E-state index in [1.807, 2.05) is 4.90 Å². The monoisotopic (exact) mass is 487 g/mol. The van der Waals surface area contributed by atoms with E-state index in [9.17, 15) is 27.2 Å². The van der Waals surface area contributed by atoms with Crippen LogP contribution in [0.25, 0.3) is 0 Å². The maximum atomic E-state index is 13.8. The average molecular weight is 487 g/mol. The van der Waals surface area contributed by atoms with Crippen molar-refractivity contribution in [1.29, 1.82) is 0 Å². The molecule has 1 fully saturated rings. The van der Waals surface area contributed by atoms with Gasteiger partial charge in [0.25, 0.3) is 5.91 Å². The smallest absolute Gasteiger partial charge is 0.340 e. The van der Waals surface area contributed by atoms with E-state index in [2.05, 4.69) is 20.6 Å². The molecule has 1 saturated heterocycles. The zero-order valence-electron chi connectivity index (χ0n) is 18.3. The van der Waals surface area contributed by atoms with E-state index in [0.29, 0.717) is 31.4 Å². The molecule has 7 nitrogen and oxygen atoms in total. The summed E-state index contributed by atoms with van der Waals surface area (Å²) in [7, 11) is 0. The highest BCUT2D eigenvalue weighted by atomic mass is 19.4. The molecule has 1 atom stereocenters. The Morgan fingerprint density at radius 2 is 1.74 bits per heavy atom. The summed E-state index contributed by atoms with van der Waals surface area (Å²) in [5.41, 5.74) is -2.05. The van der Waals surface area contributed by atoms with Gasteiger partial charge in [-0.3, -0.25) is 9.59 Å². The van der Waals surface area contributed by atoms with E-state index in [1.165, 1.54) is 24.3 Å². The van der Waals surface area contributed by atoms with Gasteiger partial charge in [0.15, 0.2) is 0 Å². The number of halogens is 4. The first kappa shape index (κ1) is 24.1. The number of benzene rings is 2. The van der Waals surface area contributed by atoms with Crippen LogP contribution in [-0.4, -0.2) is 34.9 Å². The fraction of sp³-hybridized carbons (Fsp3) is 0.250. The number of rotatable bonds is 5. The van der Waals surface area contributed by atoms with Crippen molar-refractivity contribution in [2.45, 2.75) is 19.0 Å². The Morgan fingerprint density at radius 1 is 1.00 bits per heavy atom. The second kappa shape index (κ2) is 10.1. The van der Waals surface area contributed by atoms with Crippen molar-refractivity contribution in [3.8, 4) is 0 Å². The van der Waals surface area contributed by atoms with Gasteiger partial charge in [0.05, 0.1) is 22.7 Å². The average Bonchev–Trinajstić information content (AvgIpc) is 2.85. The zero-order valence-corrected chi connectivity index (χ0v) is 18.3. The Balaban J connectivity index is 1.50. The van der Waals surface area contributed by atoms with Crippen LogP contribution in [0.5, 0.6) is 0 Å². The third-order valence-electron chi connectivity index (χ3n) is 5.59. The Morgan fingerprint density at radius 3 is 2.46 bits per heavy atom. The van der Waals surface area contributed by atoms with E-state index in [-0.39, 0.29) is 17.8 Å². The molecule has 11 heteroatoms. The SMILES string of the molecule is O=C(Nc1ccc(NC(=O)C2CCCN(c3ncccn3)C2)c(C(F)(F)F)c1)c1ccccc1F. The van der Waals surface area contributed by atoms with E-state index < -0.39 is 41.0 Å².